The van der Waals surface area contributed by atoms with Crippen molar-refractivity contribution in [3.05, 3.63) is 51.5 Å². The Morgan fingerprint density at radius 2 is 1.90 bits per heavy atom. The maximum atomic E-state index is 11.5. The number of pyridine rings is 1. The van der Waals surface area contributed by atoms with Gasteiger partial charge in [-0.3, -0.25) is 4.79 Å². The van der Waals surface area contributed by atoms with E-state index in [1.807, 2.05) is 19.9 Å². The van der Waals surface area contributed by atoms with E-state index in [1.54, 1.807) is 24.3 Å². The summed E-state index contributed by atoms with van der Waals surface area (Å²) in [6.07, 6.45) is 1.35. The highest BCUT2D eigenvalue weighted by atomic mass is 16.1. The smallest absolute Gasteiger partial charge is 0.248 e. The van der Waals surface area contributed by atoms with Gasteiger partial charge in [-0.15, -0.1) is 0 Å². The summed E-state index contributed by atoms with van der Waals surface area (Å²) in [7, 11) is 0. The van der Waals surface area contributed by atoms with Crippen LogP contribution in [0.5, 0.6) is 0 Å². The SMILES string of the molecule is Cc1cc2c(C)cc(=O)[nH]c2cc1NC=C(C#N)C#N. The number of hydrogen-bond donors (Lipinski definition) is 2. The number of aromatic amines is 1. The van der Waals surface area contributed by atoms with Crippen molar-refractivity contribution in [2.75, 3.05) is 5.32 Å². The first-order valence-corrected chi connectivity index (χ1v) is 5.96. The number of aromatic nitrogens is 1. The van der Waals surface area contributed by atoms with E-state index in [4.69, 9.17) is 10.5 Å². The fourth-order valence-corrected chi connectivity index (χ4v) is 1.98. The maximum absolute atomic E-state index is 11.5. The molecule has 0 saturated heterocycles. The Morgan fingerprint density at radius 3 is 2.55 bits per heavy atom. The van der Waals surface area contributed by atoms with Crippen LogP contribution in [0.2, 0.25) is 0 Å². The lowest BCUT2D eigenvalue weighted by molar-refractivity contribution is 1.27. The van der Waals surface area contributed by atoms with Crippen LogP contribution in [0.1, 0.15) is 11.1 Å². The number of hydrogen-bond acceptors (Lipinski definition) is 4. The molecule has 0 atom stereocenters. The van der Waals surface area contributed by atoms with Gasteiger partial charge in [0.05, 0.1) is 5.52 Å². The van der Waals surface area contributed by atoms with E-state index in [9.17, 15) is 4.79 Å². The van der Waals surface area contributed by atoms with Crippen molar-refractivity contribution in [1.82, 2.24) is 4.98 Å². The fraction of sp³-hybridized carbons (Fsp3) is 0.133. The predicted octanol–water partition coefficient (Wildman–Crippen LogP) is 2.49. The highest BCUT2D eigenvalue weighted by Crippen LogP contribution is 2.23. The molecule has 1 aromatic heterocycles. The van der Waals surface area contributed by atoms with Crippen LogP contribution in [-0.2, 0) is 0 Å². The van der Waals surface area contributed by atoms with Crippen LogP contribution in [0, 0.1) is 36.5 Å². The zero-order valence-corrected chi connectivity index (χ0v) is 11.1. The number of nitrogens with one attached hydrogen (secondary N) is 2. The van der Waals surface area contributed by atoms with Crippen molar-refractivity contribution < 1.29 is 0 Å². The van der Waals surface area contributed by atoms with E-state index >= 15 is 0 Å². The fourth-order valence-electron chi connectivity index (χ4n) is 1.98. The van der Waals surface area contributed by atoms with Crippen molar-refractivity contribution in [2.45, 2.75) is 13.8 Å². The second-order valence-corrected chi connectivity index (χ2v) is 4.46. The Labute approximate surface area is 115 Å². The van der Waals surface area contributed by atoms with Crippen LogP contribution in [0.15, 0.2) is 34.8 Å². The van der Waals surface area contributed by atoms with E-state index in [-0.39, 0.29) is 11.1 Å². The molecule has 0 aliphatic carbocycles. The lowest BCUT2D eigenvalue weighted by Gasteiger charge is -2.09. The van der Waals surface area contributed by atoms with Crippen LogP contribution in [0.4, 0.5) is 5.69 Å². The maximum Gasteiger partial charge on any atom is 0.248 e. The van der Waals surface area contributed by atoms with E-state index in [2.05, 4.69) is 10.3 Å². The second kappa shape index (κ2) is 5.29. The van der Waals surface area contributed by atoms with E-state index in [1.165, 1.54) is 6.20 Å². The van der Waals surface area contributed by atoms with Gasteiger partial charge in [0, 0.05) is 23.3 Å². The van der Waals surface area contributed by atoms with Crippen LogP contribution < -0.4 is 10.9 Å². The first-order valence-electron chi connectivity index (χ1n) is 5.96. The minimum Gasteiger partial charge on any atom is -0.360 e. The van der Waals surface area contributed by atoms with Gasteiger partial charge < -0.3 is 10.3 Å². The quantitative estimate of drug-likeness (QED) is 0.815. The predicted molar refractivity (Wildman–Crippen MR) is 77.0 cm³/mol. The largest absolute Gasteiger partial charge is 0.360 e. The zero-order valence-electron chi connectivity index (χ0n) is 11.1. The zero-order chi connectivity index (χ0) is 14.7. The summed E-state index contributed by atoms with van der Waals surface area (Å²) in [5.74, 6) is 0. The normalized spacial score (nSPS) is 9.60. The standard InChI is InChI=1S/C15H12N4O/c1-9-4-15(20)19-14-5-13(10(2)3-12(9)14)18-8-11(6-16)7-17/h3-5,8,18H,1-2H3,(H,19,20). The summed E-state index contributed by atoms with van der Waals surface area (Å²) in [6.45, 7) is 3.80. The van der Waals surface area contributed by atoms with Crippen molar-refractivity contribution in [1.29, 1.82) is 10.5 Å². The van der Waals surface area contributed by atoms with Crippen LogP contribution in [0.25, 0.3) is 10.9 Å². The van der Waals surface area contributed by atoms with Gasteiger partial charge in [-0.05, 0) is 37.1 Å². The van der Waals surface area contributed by atoms with Crippen molar-refractivity contribution in [2.24, 2.45) is 0 Å². The summed E-state index contributed by atoms with van der Waals surface area (Å²) < 4.78 is 0. The third-order valence-corrected chi connectivity index (χ3v) is 3.01. The monoisotopic (exact) mass is 264 g/mol. The topological polar surface area (TPSA) is 92.5 Å². The molecular weight excluding hydrogens is 252 g/mol. The van der Waals surface area contributed by atoms with Crippen molar-refractivity contribution in [3.8, 4) is 12.1 Å². The van der Waals surface area contributed by atoms with Gasteiger partial charge in [-0.2, -0.15) is 10.5 Å². The van der Waals surface area contributed by atoms with Gasteiger partial charge in [0.15, 0.2) is 0 Å². The summed E-state index contributed by atoms with van der Waals surface area (Å²) in [5.41, 5.74) is 3.15. The Kier molecular flexibility index (Phi) is 3.54. The highest BCUT2D eigenvalue weighted by molar-refractivity contribution is 5.86. The minimum absolute atomic E-state index is 0.0118. The Hall–Kier alpha value is -3.05. The molecule has 5 heteroatoms. The number of fused-ring (bicyclic) bond motifs is 1. The van der Waals surface area contributed by atoms with E-state index in [0.717, 1.165) is 22.2 Å². The molecule has 20 heavy (non-hydrogen) atoms. The molecule has 0 fully saturated rings. The van der Waals surface area contributed by atoms with Gasteiger partial charge in [-0.1, -0.05) is 0 Å². The van der Waals surface area contributed by atoms with Gasteiger partial charge in [0.25, 0.3) is 0 Å². The molecule has 5 nitrogen and oxygen atoms in total. The molecule has 0 unspecified atom stereocenters. The molecule has 2 N–H and O–H groups in total. The summed E-state index contributed by atoms with van der Waals surface area (Å²) >= 11 is 0. The van der Waals surface area contributed by atoms with Gasteiger partial charge >= 0.3 is 0 Å². The van der Waals surface area contributed by atoms with Crippen LogP contribution in [-0.4, -0.2) is 4.98 Å². The summed E-state index contributed by atoms with van der Waals surface area (Å²) in [4.78, 5) is 14.3. The van der Waals surface area contributed by atoms with Crippen LogP contribution >= 0.6 is 0 Å². The molecule has 0 amide bonds. The number of allylic oxidation sites excluding steroid dienone is 1. The lowest BCUT2D eigenvalue weighted by atomic mass is 10.1. The second-order valence-electron chi connectivity index (χ2n) is 4.46. The number of anilines is 1. The Bertz CT molecular complexity index is 831. The molecule has 0 saturated carbocycles. The molecule has 0 aliphatic heterocycles. The van der Waals surface area contributed by atoms with Gasteiger partial charge in [0.1, 0.15) is 17.7 Å². The summed E-state index contributed by atoms with van der Waals surface area (Å²) in [6, 6.07) is 8.85. The molecule has 0 bridgehead atoms. The first kappa shape index (κ1) is 13.4. The molecule has 2 rings (SSSR count). The van der Waals surface area contributed by atoms with Crippen molar-refractivity contribution in [3.63, 3.8) is 0 Å². The number of benzene rings is 1. The number of nitriles is 2. The Balaban J connectivity index is 2.54. The summed E-state index contributed by atoms with van der Waals surface area (Å²) in [5, 5.41) is 21.3. The number of aryl methyl sites for hydroxylation is 2. The third kappa shape index (κ3) is 2.52. The minimum atomic E-state index is -0.157. The Morgan fingerprint density at radius 1 is 1.20 bits per heavy atom. The molecule has 0 aliphatic rings. The lowest BCUT2D eigenvalue weighted by Crippen LogP contribution is -2.05. The molecule has 1 aromatic carbocycles. The highest BCUT2D eigenvalue weighted by Gasteiger charge is 2.04. The number of H-pyrrole nitrogens is 1. The molecule has 1 heterocycles. The van der Waals surface area contributed by atoms with Gasteiger partial charge in [0.2, 0.25) is 5.56 Å². The molecule has 98 valence electrons. The van der Waals surface area contributed by atoms with E-state index < -0.39 is 0 Å². The first-order chi connectivity index (χ1) is 9.55. The molecular formula is C15H12N4O. The number of nitrogens with zero attached hydrogens (tertiary/aromatic N) is 2. The third-order valence-electron chi connectivity index (χ3n) is 3.01. The van der Waals surface area contributed by atoms with Crippen molar-refractivity contribution >= 4 is 16.6 Å². The molecule has 0 spiro atoms. The average molecular weight is 264 g/mol. The van der Waals surface area contributed by atoms with Gasteiger partial charge in [-0.25, -0.2) is 0 Å². The van der Waals surface area contributed by atoms with E-state index in [0.29, 0.717) is 5.52 Å². The molecule has 2 aromatic rings. The molecule has 0 radical (unpaired) electrons. The average Bonchev–Trinajstić information content (AvgIpc) is 2.41. The number of rotatable bonds is 2. The van der Waals surface area contributed by atoms with Crippen LogP contribution in [0.3, 0.4) is 0 Å².